The van der Waals surface area contributed by atoms with Crippen molar-refractivity contribution < 1.29 is 9.59 Å². The third kappa shape index (κ3) is 3.77. The number of rotatable bonds is 4. The Morgan fingerprint density at radius 1 is 1.21 bits per heavy atom. The Labute approximate surface area is 146 Å². The number of anilines is 1. The maximum atomic E-state index is 12.4. The molecule has 0 aliphatic carbocycles. The van der Waals surface area contributed by atoms with E-state index in [0.717, 1.165) is 5.56 Å². The van der Waals surface area contributed by atoms with Crippen molar-refractivity contribution in [2.45, 2.75) is 19.9 Å². The molecule has 3 rings (SSSR count). The average Bonchev–Trinajstić information content (AvgIpc) is 2.93. The van der Waals surface area contributed by atoms with Crippen LogP contribution in [0.4, 0.5) is 5.69 Å². The number of hydrogen-bond donors (Lipinski definition) is 1. The van der Waals surface area contributed by atoms with E-state index in [1.807, 2.05) is 37.3 Å². The normalized spacial score (nSPS) is 17.2. The number of hydrogen-bond acceptors (Lipinski definition) is 2. The highest BCUT2D eigenvalue weighted by molar-refractivity contribution is 6.33. The van der Waals surface area contributed by atoms with E-state index in [1.165, 1.54) is 5.56 Å². The number of halogens is 1. The zero-order chi connectivity index (χ0) is 17.1. The van der Waals surface area contributed by atoms with E-state index < -0.39 is 0 Å². The molecule has 0 spiro atoms. The first-order valence-corrected chi connectivity index (χ1v) is 8.29. The molecule has 124 valence electrons. The highest BCUT2D eigenvalue weighted by atomic mass is 35.5. The predicted octanol–water partition coefficient (Wildman–Crippen LogP) is 3.64. The first-order valence-electron chi connectivity index (χ1n) is 7.91. The first kappa shape index (κ1) is 16.5. The fourth-order valence-electron chi connectivity index (χ4n) is 2.81. The van der Waals surface area contributed by atoms with E-state index in [4.69, 9.17) is 11.6 Å². The van der Waals surface area contributed by atoms with E-state index in [2.05, 4.69) is 5.32 Å². The molecule has 2 aromatic rings. The van der Waals surface area contributed by atoms with Crippen LogP contribution in [0, 0.1) is 12.8 Å². The van der Waals surface area contributed by atoms with E-state index in [9.17, 15) is 9.59 Å². The summed E-state index contributed by atoms with van der Waals surface area (Å²) in [6.45, 7) is 3.00. The third-order valence-corrected chi connectivity index (χ3v) is 4.54. The molecule has 5 heteroatoms. The average molecular weight is 343 g/mol. The zero-order valence-electron chi connectivity index (χ0n) is 13.5. The van der Waals surface area contributed by atoms with Gasteiger partial charge in [-0.15, -0.1) is 0 Å². The molecule has 1 atom stereocenters. The van der Waals surface area contributed by atoms with Crippen molar-refractivity contribution in [2.75, 3.05) is 11.9 Å². The molecule has 0 aromatic heterocycles. The van der Waals surface area contributed by atoms with Crippen molar-refractivity contribution in [3.63, 3.8) is 0 Å². The van der Waals surface area contributed by atoms with E-state index in [0.29, 0.717) is 23.8 Å². The molecule has 2 amide bonds. The molecular formula is C19H19ClN2O2. The van der Waals surface area contributed by atoms with Crippen LogP contribution in [-0.2, 0) is 16.1 Å². The summed E-state index contributed by atoms with van der Waals surface area (Å²) >= 11 is 6.06. The number of carbonyl (C=O) groups excluding carboxylic acids is 2. The number of amides is 2. The molecule has 1 fully saturated rings. The minimum atomic E-state index is -0.348. The summed E-state index contributed by atoms with van der Waals surface area (Å²) in [6, 6.07) is 15.2. The molecule has 1 aliphatic rings. The maximum absolute atomic E-state index is 12.4. The molecule has 1 N–H and O–H groups in total. The summed E-state index contributed by atoms with van der Waals surface area (Å²) in [5, 5.41) is 3.31. The quantitative estimate of drug-likeness (QED) is 0.922. The van der Waals surface area contributed by atoms with Crippen LogP contribution in [0.3, 0.4) is 0 Å². The molecular weight excluding hydrogens is 324 g/mol. The number of nitrogens with one attached hydrogen (secondary N) is 1. The second kappa shape index (κ2) is 7.05. The number of nitrogens with zero attached hydrogens (tertiary/aromatic N) is 1. The lowest BCUT2D eigenvalue weighted by Gasteiger charge is -2.17. The van der Waals surface area contributed by atoms with Crippen molar-refractivity contribution in [1.29, 1.82) is 0 Å². The van der Waals surface area contributed by atoms with Gasteiger partial charge in [-0.05, 0) is 24.6 Å². The standard InChI is InChI=1S/C19H19ClN2O2/c1-13-6-8-14(9-7-13)11-22-12-15(10-18(22)23)19(24)21-17-5-3-2-4-16(17)20/h2-9,15H,10-12H2,1H3,(H,21,24). The molecule has 2 aromatic carbocycles. The molecule has 0 radical (unpaired) electrons. The molecule has 4 nitrogen and oxygen atoms in total. The van der Waals surface area contributed by atoms with Crippen LogP contribution in [0.1, 0.15) is 17.5 Å². The number of likely N-dealkylation sites (tertiary alicyclic amines) is 1. The van der Waals surface area contributed by atoms with Gasteiger partial charge in [0, 0.05) is 19.5 Å². The van der Waals surface area contributed by atoms with Gasteiger partial charge < -0.3 is 10.2 Å². The Kier molecular flexibility index (Phi) is 4.86. The van der Waals surface area contributed by atoms with Crippen LogP contribution in [0.25, 0.3) is 0 Å². The molecule has 1 saturated heterocycles. The SMILES string of the molecule is Cc1ccc(CN2CC(C(=O)Nc3ccccc3Cl)CC2=O)cc1. The number of carbonyl (C=O) groups is 2. The summed E-state index contributed by atoms with van der Waals surface area (Å²) in [5.74, 6) is -0.503. The topological polar surface area (TPSA) is 49.4 Å². The van der Waals surface area contributed by atoms with Crippen molar-refractivity contribution in [3.05, 3.63) is 64.7 Å². The van der Waals surface area contributed by atoms with Crippen LogP contribution in [-0.4, -0.2) is 23.3 Å². The molecule has 24 heavy (non-hydrogen) atoms. The molecule has 0 saturated carbocycles. The lowest BCUT2D eigenvalue weighted by molar-refractivity contribution is -0.128. The fraction of sp³-hybridized carbons (Fsp3) is 0.263. The van der Waals surface area contributed by atoms with Crippen LogP contribution in [0.5, 0.6) is 0 Å². The Bertz CT molecular complexity index is 758. The van der Waals surface area contributed by atoms with Gasteiger partial charge in [0.15, 0.2) is 0 Å². The van der Waals surface area contributed by atoms with Gasteiger partial charge in [-0.1, -0.05) is 53.6 Å². The predicted molar refractivity (Wildman–Crippen MR) is 94.8 cm³/mol. The molecule has 0 bridgehead atoms. The van der Waals surface area contributed by atoms with Crippen LogP contribution >= 0.6 is 11.6 Å². The summed E-state index contributed by atoms with van der Waals surface area (Å²) < 4.78 is 0. The largest absolute Gasteiger partial charge is 0.338 e. The zero-order valence-corrected chi connectivity index (χ0v) is 14.2. The van der Waals surface area contributed by atoms with Crippen molar-refractivity contribution >= 4 is 29.1 Å². The van der Waals surface area contributed by atoms with Crippen molar-refractivity contribution in [2.24, 2.45) is 5.92 Å². The van der Waals surface area contributed by atoms with Gasteiger partial charge in [0.1, 0.15) is 0 Å². The van der Waals surface area contributed by atoms with E-state index in [1.54, 1.807) is 23.1 Å². The molecule has 1 aliphatic heterocycles. The minimum absolute atomic E-state index is 0.00915. The summed E-state index contributed by atoms with van der Waals surface area (Å²) in [7, 11) is 0. The Balaban J connectivity index is 1.62. The van der Waals surface area contributed by atoms with Gasteiger partial charge in [0.05, 0.1) is 16.6 Å². The van der Waals surface area contributed by atoms with Gasteiger partial charge in [-0.2, -0.15) is 0 Å². The highest BCUT2D eigenvalue weighted by Crippen LogP contribution is 2.25. The number of aryl methyl sites for hydroxylation is 1. The number of benzene rings is 2. The molecule has 1 unspecified atom stereocenters. The second-order valence-electron chi connectivity index (χ2n) is 6.13. The molecule has 1 heterocycles. The first-order chi connectivity index (χ1) is 11.5. The lowest BCUT2D eigenvalue weighted by Crippen LogP contribution is -2.28. The van der Waals surface area contributed by atoms with Gasteiger partial charge in [-0.25, -0.2) is 0 Å². The smallest absolute Gasteiger partial charge is 0.229 e. The lowest BCUT2D eigenvalue weighted by atomic mass is 10.1. The van der Waals surface area contributed by atoms with Gasteiger partial charge in [0.2, 0.25) is 11.8 Å². The van der Waals surface area contributed by atoms with Crippen LogP contribution in [0.2, 0.25) is 5.02 Å². The van der Waals surface area contributed by atoms with Crippen molar-refractivity contribution in [1.82, 2.24) is 4.90 Å². The summed E-state index contributed by atoms with van der Waals surface area (Å²) in [6.07, 6.45) is 0.238. The Morgan fingerprint density at radius 2 is 1.92 bits per heavy atom. The van der Waals surface area contributed by atoms with Gasteiger partial charge >= 0.3 is 0 Å². The van der Waals surface area contributed by atoms with E-state index in [-0.39, 0.29) is 24.2 Å². The fourth-order valence-corrected chi connectivity index (χ4v) is 2.99. The minimum Gasteiger partial charge on any atom is -0.338 e. The van der Waals surface area contributed by atoms with Gasteiger partial charge in [0.25, 0.3) is 0 Å². The summed E-state index contributed by atoms with van der Waals surface area (Å²) in [4.78, 5) is 26.3. The van der Waals surface area contributed by atoms with Crippen LogP contribution in [0.15, 0.2) is 48.5 Å². The Morgan fingerprint density at radius 3 is 2.62 bits per heavy atom. The second-order valence-corrected chi connectivity index (χ2v) is 6.54. The number of para-hydroxylation sites is 1. The highest BCUT2D eigenvalue weighted by Gasteiger charge is 2.34. The maximum Gasteiger partial charge on any atom is 0.229 e. The van der Waals surface area contributed by atoms with Crippen LogP contribution < -0.4 is 5.32 Å². The third-order valence-electron chi connectivity index (χ3n) is 4.21. The summed E-state index contributed by atoms with van der Waals surface area (Å²) in [5.41, 5.74) is 2.83. The van der Waals surface area contributed by atoms with Gasteiger partial charge in [-0.3, -0.25) is 9.59 Å². The van der Waals surface area contributed by atoms with E-state index >= 15 is 0 Å². The Hall–Kier alpha value is -2.33. The monoisotopic (exact) mass is 342 g/mol. The van der Waals surface area contributed by atoms with Crippen molar-refractivity contribution in [3.8, 4) is 0 Å².